The van der Waals surface area contributed by atoms with Crippen molar-refractivity contribution in [2.24, 2.45) is 0 Å². The molecule has 2 aromatic heterocycles. The van der Waals surface area contributed by atoms with Gasteiger partial charge in [-0.15, -0.1) is 11.3 Å². The Kier molecular flexibility index (Phi) is 4.82. The third kappa shape index (κ3) is 3.66. The lowest BCUT2D eigenvalue weighted by atomic mass is 10.0. The number of carbonyl (C=O) groups is 2. The summed E-state index contributed by atoms with van der Waals surface area (Å²) in [4.78, 5) is 48.8. The Morgan fingerprint density at radius 2 is 2.19 bits per heavy atom. The van der Waals surface area contributed by atoms with Gasteiger partial charge >= 0.3 is 0 Å². The first-order chi connectivity index (χ1) is 13.0. The number of aromatic amines is 1. The van der Waals surface area contributed by atoms with Gasteiger partial charge < -0.3 is 14.8 Å². The van der Waals surface area contributed by atoms with E-state index < -0.39 is 0 Å². The van der Waals surface area contributed by atoms with Crippen LogP contribution in [0.4, 0.5) is 0 Å². The molecular weight excluding hydrogens is 364 g/mol. The molecule has 0 spiro atoms. The maximum Gasteiger partial charge on any atom is 0.254 e. The van der Waals surface area contributed by atoms with E-state index in [1.165, 1.54) is 6.92 Å². The summed E-state index contributed by atoms with van der Waals surface area (Å²) in [6.07, 6.45) is 1.74. The summed E-state index contributed by atoms with van der Waals surface area (Å²) in [5, 5.41) is 1.97. The second-order valence-electron chi connectivity index (χ2n) is 7.15. The minimum absolute atomic E-state index is 0.00417. The van der Waals surface area contributed by atoms with Crippen LogP contribution < -0.4 is 5.56 Å². The molecule has 27 heavy (non-hydrogen) atoms. The van der Waals surface area contributed by atoms with Crippen LogP contribution >= 0.6 is 11.3 Å². The zero-order valence-corrected chi connectivity index (χ0v) is 16.1. The van der Waals surface area contributed by atoms with Crippen molar-refractivity contribution >= 4 is 23.2 Å². The number of thiophene rings is 1. The number of hydrogen-bond acceptors (Lipinski definition) is 5. The predicted octanol–water partition coefficient (Wildman–Crippen LogP) is 1.29. The number of H-pyrrole nitrogens is 1. The molecule has 7 nitrogen and oxygen atoms in total. The monoisotopic (exact) mass is 386 g/mol. The maximum absolute atomic E-state index is 12.5. The van der Waals surface area contributed by atoms with Crippen molar-refractivity contribution in [1.82, 2.24) is 19.8 Å². The Morgan fingerprint density at radius 1 is 1.33 bits per heavy atom. The van der Waals surface area contributed by atoms with E-state index >= 15 is 0 Å². The minimum atomic E-state index is -0.110. The van der Waals surface area contributed by atoms with Gasteiger partial charge in [0.25, 0.3) is 5.56 Å². The standard InChI is InChI=1S/C19H22N4O3S/c1-12(24)22-7-5-15-16(11-22)20-18(21-19(15)26)13-4-6-23(10-13)17(25)9-14-3-2-8-27-14/h2-3,8,13H,4-7,9-11H2,1H3,(H,20,21,26)/t13-/m0/s1. The number of nitrogens with one attached hydrogen (secondary N) is 1. The van der Waals surface area contributed by atoms with E-state index in [-0.39, 0.29) is 23.3 Å². The van der Waals surface area contributed by atoms with Crippen molar-refractivity contribution in [2.75, 3.05) is 19.6 Å². The van der Waals surface area contributed by atoms with Gasteiger partial charge in [-0.05, 0) is 24.3 Å². The van der Waals surface area contributed by atoms with Crippen LogP contribution in [0.1, 0.15) is 41.2 Å². The molecule has 1 saturated heterocycles. The van der Waals surface area contributed by atoms with Crippen molar-refractivity contribution in [3.05, 3.63) is 49.8 Å². The molecule has 0 aliphatic carbocycles. The van der Waals surface area contributed by atoms with Crippen LogP contribution in [0.5, 0.6) is 0 Å². The summed E-state index contributed by atoms with van der Waals surface area (Å²) < 4.78 is 0. The van der Waals surface area contributed by atoms with Gasteiger partial charge in [0.1, 0.15) is 5.82 Å². The average molecular weight is 386 g/mol. The molecule has 1 fully saturated rings. The fraction of sp³-hybridized carbons (Fsp3) is 0.474. The minimum Gasteiger partial charge on any atom is -0.342 e. The van der Waals surface area contributed by atoms with Gasteiger partial charge in [-0.3, -0.25) is 14.4 Å². The first kappa shape index (κ1) is 17.9. The zero-order chi connectivity index (χ0) is 19.0. The van der Waals surface area contributed by atoms with E-state index in [2.05, 4.69) is 9.97 Å². The van der Waals surface area contributed by atoms with Crippen molar-refractivity contribution in [3.63, 3.8) is 0 Å². The molecule has 0 radical (unpaired) electrons. The molecule has 0 bridgehead atoms. The summed E-state index contributed by atoms with van der Waals surface area (Å²) in [6, 6.07) is 3.92. The highest BCUT2D eigenvalue weighted by molar-refractivity contribution is 7.10. The number of carbonyl (C=O) groups excluding carboxylic acids is 2. The van der Waals surface area contributed by atoms with Crippen molar-refractivity contribution in [3.8, 4) is 0 Å². The molecular formula is C19H22N4O3S. The van der Waals surface area contributed by atoms with Gasteiger partial charge in [0.15, 0.2) is 0 Å². The second kappa shape index (κ2) is 7.26. The fourth-order valence-electron chi connectivity index (χ4n) is 3.80. The second-order valence-corrected chi connectivity index (χ2v) is 8.18. The molecule has 4 heterocycles. The van der Waals surface area contributed by atoms with Crippen LogP contribution in [0.3, 0.4) is 0 Å². The van der Waals surface area contributed by atoms with E-state index in [0.29, 0.717) is 56.1 Å². The Morgan fingerprint density at radius 3 is 2.93 bits per heavy atom. The highest BCUT2D eigenvalue weighted by atomic mass is 32.1. The van der Waals surface area contributed by atoms with Crippen LogP contribution in [0.2, 0.25) is 0 Å². The lowest BCUT2D eigenvalue weighted by Crippen LogP contribution is -2.38. The van der Waals surface area contributed by atoms with E-state index in [1.54, 1.807) is 16.2 Å². The molecule has 0 unspecified atom stereocenters. The van der Waals surface area contributed by atoms with E-state index in [0.717, 1.165) is 11.3 Å². The van der Waals surface area contributed by atoms with Crippen molar-refractivity contribution in [2.45, 2.75) is 38.6 Å². The molecule has 142 valence electrons. The molecule has 2 aliphatic rings. The molecule has 1 atom stereocenters. The van der Waals surface area contributed by atoms with Gasteiger partial charge in [-0.2, -0.15) is 0 Å². The maximum atomic E-state index is 12.5. The average Bonchev–Trinajstić information content (AvgIpc) is 3.33. The molecule has 0 saturated carbocycles. The molecule has 4 rings (SSSR count). The van der Waals surface area contributed by atoms with Gasteiger partial charge in [0.2, 0.25) is 11.8 Å². The van der Waals surface area contributed by atoms with Gasteiger partial charge in [0, 0.05) is 42.9 Å². The zero-order valence-electron chi connectivity index (χ0n) is 15.2. The topological polar surface area (TPSA) is 86.4 Å². The number of fused-ring (bicyclic) bond motifs is 1. The predicted molar refractivity (Wildman–Crippen MR) is 102 cm³/mol. The van der Waals surface area contributed by atoms with Crippen molar-refractivity contribution < 1.29 is 9.59 Å². The summed E-state index contributed by atoms with van der Waals surface area (Å²) in [5.41, 5.74) is 1.26. The van der Waals surface area contributed by atoms with E-state index in [4.69, 9.17) is 0 Å². The van der Waals surface area contributed by atoms with E-state index in [1.807, 2.05) is 22.4 Å². The van der Waals surface area contributed by atoms with E-state index in [9.17, 15) is 14.4 Å². The summed E-state index contributed by atoms with van der Waals surface area (Å²) >= 11 is 1.59. The van der Waals surface area contributed by atoms with Crippen LogP contribution in [0.25, 0.3) is 0 Å². The van der Waals surface area contributed by atoms with Gasteiger partial charge in [-0.1, -0.05) is 6.07 Å². The largest absolute Gasteiger partial charge is 0.342 e. The van der Waals surface area contributed by atoms with Crippen LogP contribution in [-0.2, 0) is 29.0 Å². The number of hydrogen-bond donors (Lipinski definition) is 1. The number of amides is 2. The number of aromatic nitrogens is 2. The first-order valence-electron chi connectivity index (χ1n) is 9.19. The Bertz CT molecular complexity index is 922. The third-order valence-corrected chi connectivity index (χ3v) is 6.25. The normalized spacial score (nSPS) is 19.2. The van der Waals surface area contributed by atoms with Crippen molar-refractivity contribution in [1.29, 1.82) is 0 Å². The molecule has 1 N–H and O–H groups in total. The highest BCUT2D eigenvalue weighted by Gasteiger charge is 2.31. The molecule has 2 amide bonds. The lowest BCUT2D eigenvalue weighted by molar-refractivity contribution is -0.130. The Labute approximate surface area is 161 Å². The smallest absolute Gasteiger partial charge is 0.254 e. The van der Waals surface area contributed by atoms with Gasteiger partial charge in [0.05, 0.1) is 18.7 Å². The number of likely N-dealkylation sites (tertiary alicyclic amines) is 1. The fourth-order valence-corrected chi connectivity index (χ4v) is 4.50. The lowest BCUT2D eigenvalue weighted by Gasteiger charge is -2.27. The van der Waals surface area contributed by atoms with Crippen LogP contribution in [0, 0.1) is 0 Å². The number of nitrogens with zero attached hydrogens (tertiary/aromatic N) is 3. The Hall–Kier alpha value is -2.48. The third-order valence-electron chi connectivity index (χ3n) is 5.37. The molecule has 2 aliphatic heterocycles. The van der Waals surface area contributed by atoms with Crippen LogP contribution in [-0.4, -0.2) is 51.2 Å². The summed E-state index contributed by atoms with van der Waals surface area (Å²) in [5.74, 6) is 0.775. The number of rotatable bonds is 3. The molecule has 8 heteroatoms. The highest BCUT2D eigenvalue weighted by Crippen LogP contribution is 2.26. The quantitative estimate of drug-likeness (QED) is 0.861. The molecule has 2 aromatic rings. The van der Waals surface area contributed by atoms with Crippen LogP contribution in [0.15, 0.2) is 22.3 Å². The summed E-state index contributed by atoms with van der Waals surface area (Å²) in [7, 11) is 0. The SMILES string of the molecule is CC(=O)N1CCc2c(nc([C@H]3CCN(C(=O)Cc4cccs4)C3)[nH]c2=O)C1. The molecule has 0 aromatic carbocycles. The Balaban J connectivity index is 1.49. The summed E-state index contributed by atoms with van der Waals surface area (Å²) in [6.45, 7) is 3.72. The van der Waals surface area contributed by atoms with Gasteiger partial charge in [-0.25, -0.2) is 4.98 Å². The first-order valence-corrected chi connectivity index (χ1v) is 10.1.